The number of hydrogen-bond acceptors (Lipinski definition) is 6. The van der Waals surface area contributed by atoms with Crippen LogP contribution in [0.2, 0.25) is 0 Å². The van der Waals surface area contributed by atoms with Gasteiger partial charge in [0, 0.05) is 11.8 Å². The quantitative estimate of drug-likeness (QED) is 0.267. The van der Waals surface area contributed by atoms with Crippen LogP contribution in [0.5, 0.6) is 0 Å². The first-order valence-electron chi connectivity index (χ1n) is 4.47. The Balaban J connectivity index is 4.63. The first kappa shape index (κ1) is 14.7. The van der Waals surface area contributed by atoms with E-state index in [1.165, 1.54) is 18.8 Å². The number of nitrogens with zero attached hydrogens (tertiary/aromatic N) is 2. The molecule has 0 rings (SSSR count). The third kappa shape index (κ3) is 5.54. The minimum atomic E-state index is -0.832. The zero-order chi connectivity index (χ0) is 12.8. The number of nitro groups is 1. The normalized spacial score (nSPS) is 12.1. The zero-order valence-electron chi connectivity index (χ0n) is 9.64. The predicted molar refractivity (Wildman–Crippen MR) is 62.2 cm³/mol. The van der Waals surface area contributed by atoms with Gasteiger partial charge in [0.15, 0.2) is 5.16 Å². The van der Waals surface area contributed by atoms with Crippen LogP contribution in [0.4, 0.5) is 4.79 Å². The maximum atomic E-state index is 10.7. The van der Waals surface area contributed by atoms with Crippen LogP contribution < -0.4 is 5.32 Å². The number of oxime groups is 1. The van der Waals surface area contributed by atoms with E-state index in [2.05, 4.69) is 15.3 Å². The molecule has 0 aromatic heterocycles. The predicted octanol–water partition coefficient (Wildman–Crippen LogP) is 1.46. The molecule has 16 heavy (non-hydrogen) atoms. The topological polar surface area (TPSA) is 93.8 Å². The molecule has 1 amide bonds. The summed E-state index contributed by atoms with van der Waals surface area (Å²) >= 11 is 1.47. The SMILES string of the molecule is CNC(=O)ON=C(CC(C)(C)SC)[N+](=O)[O-]. The fourth-order valence-corrected chi connectivity index (χ4v) is 0.996. The molecule has 0 aromatic carbocycles. The van der Waals surface area contributed by atoms with Crippen molar-refractivity contribution in [2.75, 3.05) is 13.3 Å². The molecule has 0 radical (unpaired) electrons. The van der Waals surface area contributed by atoms with Crippen molar-refractivity contribution >= 4 is 23.7 Å². The first-order valence-corrected chi connectivity index (χ1v) is 5.70. The zero-order valence-corrected chi connectivity index (χ0v) is 10.5. The minimum Gasteiger partial charge on any atom is -0.358 e. The van der Waals surface area contributed by atoms with Crippen LogP contribution in [0, 0.1) is 10.1 Å². The van der Waals surface area contributed by atoms with Crippen LogP contribution in [-0.4, -0.2) is 34.9 Å². The highest BCUT2D eigenvalue weighted by molar-refractivity contribution is 7.99. The lowest BCUT2D eigenvalue weighted by Gasteiger charge is -2.18. The molecule has 0 bridgehead atoms. The van der Waals surface area contributed by atoms with Gasteiger partial charge in [-0.2, -0.15) is 16.6 Å². The average molecular weight is 249 g/mol. The summed E-state index contributed by atoms with van der Waals surface area (Å²) in [7, 11) is 1.34. The molecule has 0 atom stereocenters. The Bertz CT molecular complexity index is 304. The van der Waals surface area contributed by atoms with Gasteiger partial charge in [-0.05, 0) is 11.2 Å². The number of nitrogens with one attached hydrogen (secondary N) is 1. The molecule has 1 N–H and O–H groups in total. The fourth-order valence-electron chi connectivity index (χ4n) is 0.723. The lowest BCUT2D eigenvalue weighted by atomic mass is 10.1. The molecule has 0 aliphatic heterocycles. The first-order chi connectivity index (χ1) is 7.32. The van der Waals surface area contributed by atoms with E-state index in [0.717, 1.165) is 0 Å². The van der Waals surface area contributed by atoms with Crippen molar-refractivity contribution in [3.8, 4) is 0 Å². The number of amidine groups is 1. The van der Waals surface area contributed by atoms with Gasteiger partial charge < -0.3 is 15.4 Å². The molecular formula is C8H15N3O4S. The molecule has 0 aliphatic carbocycles. The van der Waals surface area contributed by atoms with Crippen LogP contribution in [-0.2, 0) is 4.84 Å². The molecular weight excluding hydrogens is 234 g/mol. The maximum absolute atomic E-state index is 10.7. The van der Waals surface area contributed by atoms with Crippen molar-refractivity contribution in [2.45, 2.75) is 25.0 Å². The number of rotatable bonds is 4. The Labute approximate surface area is 97.7 Å². The molecule has 0 aromatic rings. The van der Waals surface area contributed by atoms with Crippen molar-refractivity contribution in [1.29, 1.82) is 0 Å². The van der Waals surface area contributed by atoms with Gasteiger partial charge in [-0.3, -0.25) is 0 Å². The molecule has 7 nitrogen and oxygen atoms in total. The number of amides is 1. The summed E-state index contributed by atoms with van der Waals surface area (Å²) in [6.07, 6.45) is 1.12. The van der Waals surface area contributed by atoms with Crippen molar-refractivity contribution < 1.29 is 14.6 Å². The summed E-state index contributed by atoms with van der Waals surface area (Å²) in [5, 5.41) is 16.0. The summed E-state index contributed by atoms with van der Waals surface area (Å²) < 4.78 is -0.335. The van der Waals surface area contributed by atoms with Gasteiger partial charge in [-0.15, -0.1) is 0 Å². The van der Waals surface area contributed by atoms with Crippen LogP contribution in [0.1, 0.15) is 20.3 Å². The summed E-state index contributed by atoms with van der Waals surface area (Å²) in [6, 6.07) is 0. The van der Waals surface area contributed by atoms with Crippen LogP contribution in [0.25, 0.3) is 0 Å². The largest absolute Gasteiger partial charge is 0.457 e. The fraction of sp³-hybridized carbons (Fsp3) is 0.750. The van der Waals surface area contributed by atoms with Crippen molar-refractivity contribution in [2.24, 2.45) is 5.16 Å². The number of hydrogen-bond donors (Lipinski definition) is 1. The standard InChI is InChI=1S/C8H15N3O4S/c1-8(2,16-4)5-6(11(13)14)10-15-7(12)9-3/h5H2,1-4H3,(H,9,12). The van der Waals surface area contributed by atoms with E-state index >= 15 is 0 Å². The Morgan fingerprint density at radius 2 is 2.19 bits per heavy atom. The van der Waals surface area contributed by atoms with Gasteiger partial charge in [-0.1, -0.05) is 13.8 Å². The number of thioether (sulfide) groups is 1. The van der Waals surface area contributed by atoms with Crippen molar-refractivity contribution in [3.63, 3.8) is 0 Å². The minimum absolute atomic E-state index is 0.109. The van der Waals surface area contributed by atoms with Gasteiger partial charge in [0.25, 0.3) is 0 Å². The highest BCUT2D eigenvalue weighted by Gasteiger charge is 2.27. The third-order valence-electron chi connectivity index (χ3n) is 1.79. The molecule has 0 fully saturated rings. The van der Waals surface area contributed by atoms with E-state index < -0.39 is 11.0 Å². The Kier molecular flexibility index (Phi) is 5.79. The molecule has 0 saturated heterocycles. The average Bonchev–Trinajstić information content (AvgIpc) is 2.23. The van der Waals surface area contributed by atoms with E-state index in [1.54, 1.807) is 0 Å². The second-order valence-electron chi connectivity index (χ2n) is 3.53. The lowest BCUT2D eigenvalue weighted by Crippen LogP contribution is -2.26. The Morgan fingerprint density at radius 3 is 2.56 bits per heavy atom. The Morgan fingerprint density at radius 1 is 1.62 bits per heavy atom. The molecule has 0 heterocycles. The molecule has 0 unspecified atom stereocenters. The molecule has 0 spiro atoms. The number of carbonyl (C=O) groups excluding carboxylic acids is 1. The van der Waals surface area contributed by atoms with Crippen molar-refractivity contribution in [1.82, 2.24) is 5.32 Å². The summed E-state index contributed by atoms with van der Waals surface area (Å²) in [6.45, 7) is 3.69. The van der Waals surface area contributed by atoms with Gasteiger partial charge in [-0.25, -0.2) is 4.79 Å². The van der Waals surface area contributed by atoms with Crippen LogP contribution in [0.3, 0.4) is 0 Å². The van der Waals surface area contributed by atoms with Crippen molar-refractivity contribution in [3.05, 3.63) is 10.1 Å². The van der Waals surface area contributed by atoms with Gasteiger partial charge >= 0.3 is 11.9 Å². The Hall–Kier alpha value is -1.31. The van der Waals surface area contributed by atoms with E-state index in [0.29, 0.717) is 0 Å². The second-order valence-corrected chi connectivity index (χ2v) is 5.05. The van der Waals surface area contributed by atoms with E-state index in [1.807, 2.05) is 20.1 Å². The highest BCUT2D eigenvalue weighted by atomic mass is 32.2. The number of carbonyl (C=O) groups is 1. The van der Waals surface area contributed by atoms with Gasteiger partial charge in [0.2, 0.25) is 0 Å². The summed E-state index contributed by atoms with van der Waals surface area (Å²) in [4.78, 5) is 25.0. The highest BCUT2D eigenvalue weighted by Crippen LogP contribution is 2.25. The second kappa shape index (κ2) is 6.31. The van der Waals surface area contributed by atoms with E-state index in [-0.39, 0.29) is 17.0 Å². The van der Waals surface area contributed by atoms with Crippen LogP contribution in [0.15, 0.2) is 5.16 Å². The van der Waals surface area contributed by atoms with Crippen LogP contribution >= 0.6 is 11.8 Å². The summed E-state index contributed by atoms with van der Waals surface area (Å²) in [5.41, 5.74) is 0. The van der Waals surface area contributed by atoms with Gasteiger partial charge in [0.05, 0.1) is 6.42 Å². The van der Waals surface area contributed by atoms with Gasteiger partial charge in [0.1, 0.15) is 0 Å². The summed E-state index contributed by atoms with van der Waals surface area (Å²) in [5.74, 6) is -0.372. The third-order valence-corrected chi connectivity index (χ3v) is 3.03. The lowest BCUT2D eigenvalue weighted by molar-refractivity contribution is -0.355. The maximum Gasteiger partial charge on any atom is 0.457 e. The monoisotopic (exact) mass is 249 g/mol. The van der Waals surface area contributed by atoms with E-state index in [9.17, 15) is 14.9 Å². The smallest absolute Gasteiger partial charge is 0.358 e. The molecule has 0 saturated carbocycles. The molecule has 8 heteroatoms. The molecule has 92 valence electrons. The van der Waals surface area contributed by atoms with E-state index in [4.69, 9.17) is 0 Å². The molecule has 0 aliphatic rings.